The number of phenolic OH excluding ortho intramolecular Hbond substituents is 1. The zero-order valence-electron chi connectivity index (χ0n) is 16.1. The van der Waals surface area contributed by atoms with Crippen molar-refractivity contribution in [2.24, 2.45) is 5.10 Å². The average molecular weight is 398 g/mol. The Morgan fingerprint density at radius 1 is 1.10 bits per heavy atom. The number of phenols is 1. The van der Waals surface area contributed by atoms with Gasteiger partial charge in [0.05, 0.1) is 11.1 Å². The predicted molar refractivity (Wildman–Crippen MR) is 107 cm³/mol. The maximum Gasteiger partial charge on any atom is 0.269 e. The predicted octanol–water partition coefficient (Wildman–Crippen LogP) is 2.28. The highest BCUT2D eigenvalue weighted by Crippen LogP contribution is 2.16. The molecule has 0 heterocycles. The van der Waals surface area contributed by atoms with Gasteiger partial charge >= 0.3 is 0 Å². The van der Waals surface area contributed by atoms with Crippen LogP contribution >= 0.6 is 0 Å². The molecule has 0 saturated carbocycles. The number of nitro benzene ring substituents is 1. The first-order valence-corrected chi connectivity index (χ1v) is 8.80. The van der Waals surface area contributed by atoms with Crippen LogP contribution in [0.4, 0.5) is 5.69 Å². The number of nitro groups is 1. The number of nitrogens with one attached hydrogen (secondary N) is 2. The third-order valence-corrected chi connectivity index (χ3v) is 3.89. The van der Waals surface area contributed by atoms with Crippen molar-refractivity contribution in [1.82, 2.24) is 10.7 Å². The highest BCUT2D eigenvalue weighted by atomic mass is 16.6. The molecule has 0 atom stereocenters. The second-order valence-corrected chi connectivity index (χ2v) is 7.09. The molecule has 0 aliphatic carbocycles. The van der Waals surface area contributed by atoms with E-state index in [-0.39, 0.29) is 11.4 Å². The SMILES string of the molecule is CC(C)(Cc1ccc(O)cc1)NC(=O)CC(=O)N/N=C\c1ccc([N+](=O)[O-])cc1. The average Bonchev–Trinajstić information content (AvgIpc) is 2.63. The Kier molecular flexibility index (Phi) is 7.02. The molecule has 2 rings (SSSR count). The maximum absolute atomic E-state index is 12.1. The molecular formula is C20H22N4O5. The molecule has 0 unspecified atom stereocenters. The van der Waals surface area contributed by atoms with Crippen LogP contribution in [0, 0.1) is 10.1 Å². The quantitative estimate of drug-likeness (QED) is 0.271. The Balaban J connectivity index is 1.80. The van der Waals surface area contributed by atoms with Crippen LogP contribution in [0.2, 0.25) is 0 Å². The zero-order valence-corrected chi connectivity index (χ0v) is 16.1. The Hall–Kier alpha value is -3.75. The fraction of sp³-hybridized carbons (Fsp3) is 0.250. The summed E-state index contributed by atoms with van der Waals surface area (Å²) in [6, 6.07) is 12.3. The molecule has 0 radical (unpaired) electrons. The van der Waals surface area contributed by atoms with Crippen LogP contribution < -0.4 is 10.7 Å². The monoisotopic (exact) mass is 398 g/mol. The maximum atomic E-state index is 12.1. The van der Waals surface area contributed by atoms with E-state index in [2.05, 4.69) is 15.8 Å². The van der Waals surface area contributed by atoms with Crippen LogP contribution in [-0.2, 0) is 16.0 Å². The van der Waals surface area contributed by atoms with Crippen molar-refractivity contribution in [3.05, 3.63) is 69.8 Å². The molecule has 2 aromatic carbocycles. The van der Waals surface area contributed by atoms with E-state index in [9.17, 15) is 24.8 Å². The molecule has 2 aromatic rings. The van der Waals surface area contributed by atoms with E-state index in [1.54, 1.807) is 24.3 Å². The van der Waals surface area contributed by atoms with Gasteiger partial charge in [0.1, 0.15) is 12.2 Å². The summed E-state index contributed by atoms with van der Waals surface area (Å²) in [5.74, 6) is -0.862. The van der Waals surface area contributed by atoms with Gasteiger partial charge in [-0.15, -0.1) is 0 Å². The molecule has 9 nitrogen and oxygen atoms in total. The highest BCUT2D eigenvalue weighted by molar-refractivity contribution is 5.97. The van der Waals surface area contributed by atoms with E-state index in [1.807, 2.05) is 13.8 Å². The van der Waals surface area contributed by atoms with Crippen molar-refractivity contribution in [3.63, 3.8) is 0 Å². The summed E-state index contributed by atoms with van der Waals surface area (Å²) in [5, 5.41) is 26.5. The standard InChI is InChI=1S/C20H22N4O5/c1-20(2,12-14-5-9-17(25)10-6-14)22-18(26)11-19(27)23-21-13-15-3-7-16(8-4-15)24(28)29/h3-10,13,25H,11-12H2,1-2H3,(H,22,26)(H,23,27)/b21-13-. The van der Waals surface area contributed by atoms with Gasteiger partial charge in [-0.25, -0.2) is 5.43 Å². The fourth-order valence-electron chi connectivity index (χ4n) is 2.64. The van der Waals surface area contributed by atoms with Crippen LogP contribution in [-0.4, -0.2) is 33.6 Å². The fourth-order valence-corrected chi connectivity index (χ4v) is 2.64. The van der Waals surface area contributed by atoms with Crippen molar-refractivity contribution in [3.8, 4) is 5.75 Å². The third kappa shape index (κ3) is 7.41. The molecule has 3 N–H and O–H groups in total. The number of hydrogen-bond donors (Lipinski definition) is 3. The summed E-state index contributed by atoms with van der Waals surface area (Å²) in [7, 11) is 0. The van der Waals surface area contributed by atoms with E-state index in [0.717, 1.165) is 5.56 Å². The van der Waals surface area contributed by atoms with Crippen LogP contribution in [0.5, 0.6) is 5.75 Å². The summed E-state index contributed by atoms with van der Waals surface area (Å²) < 4.78 is 0. The summed E-state index contributed by atoms with van der Waals surface area (Å²) in [6.45, 7) is 3.67. The molecule has 0 fully saturated rings. The van der Waals surface area contributed by atoms with E-state index < -0.39 is 28.7 Å². The number of carbonyl (C=O) groups is 2. The van der Waals surface area contributed by atoms with Gasteiger partial charge < -0.3 is 10.4 Å². The van der Waals surface area contributed by atoms with Crippen LogP contribution in [0.25, 0.3) is 0 Å². The molecule has 9 heteroatoms. The lowest BCUT2D eigenvalue weighted by Crippen LogP contribution is -2.46. The molecule has 0 saturated heterocycles. The minimum Gasteiger partial charge on any atom is -0.508 e. The van der Waals surface area contributed by atoms with Crippen molar-refractivity contribution in [2.75, 3.05) is 0 Å². The summed E-state index contributed by atoms with van der Waals surface area (Å²) in [4.78, 5) is 34.1. The number of hydrogen-bond acceptors (Lipinski definition) is 6. The first-order valence-electron chi connectivity index (χ1n) is 8.80. The Morgan fingerprint density at radius 2 is 1.72 bits per heavy atom. The number of aromatic hydroxyl groups is 1. The van der Waals surface area contributed by atoms with E-state index >= 15 is 0 Å². The van der Waals surface area contributed by atoms with Crippen LogP contribution in [0.1, 0.15) is 31.4 Å². The number of non-ortho nitro benzene ring substituents is 1. The largest absolute Gasteiger partial charge is 0.508 e. The second kappa shape index (κ2) is 9.45. The van der Waals surface area contributed by atoms with Crippen LogP contribution in [0.3, 0.4) is 0 Å². The molecular weight excluding hydrogens is 376 g/mol. The van der Waals surface area contributed by atoms with E-state index in [1.165, 1.54) is 30.5 Å². The minimum atomic E-state index is -0.587. The third-order valence-electron chi connectivity index (χ3n) is 3.89. The molecule has 0 aliphatic rings. The van der Waals surface area contributed by atoms with Gasteiger partial charge in [0.15, 0.2) is 0 Å². The van der Waals surface area contributed by atoms with Gasteiger partial charge in [-0.2, -0.15) is 5.10 Å². The number of rotatable bonds is 8. The summed E-state index contributed by atoms with van der Waals surface area (Å²) in [5.41, 5.74) is 3.12. The molecule has 0 bridgehead atoms. The lowest BCUT2D eigenvalue weighted by atomic mass is 9.94. The number of carbonyl (C=O) groups excluding carboxylic acids is 2. The molecule has 152 valence electrons. The van der Waals surface area contributed by atoms with Gasteiger partial charge in [-0.05, 0) is 55.7 Å². The minimum absolute atomic E-state index is 0.0437. The lowest BCUT2D eigenvalue weighted by Gasteiger charge is -2.26. The molecule has 0 aliphatic heterocycles. The Labute approximate surface area is 167 Å². The molecule has 0 spiro atoms. The Morgan fingerprint density at radius 3 is 2.31 bits per heavy atom. The Bertz CT molecular complexity index is 905. The first-order chi connectivity index (χ1) is 13.6. The number of nitrogens with zero attached hydrogens (tertiary/aromatic N) is 2. The van der Waals surface area contributed by atoms with Crippen LogP contribution in [0.15, 0.2) is 53.6 Å². The number of amides is 2. The second-order valence-electron chi connectivity index (χ2n) is 7.09. The first kappa shape index (κ1) is 21.5. The van der Waals surface area contributed by atoms with E-state index in [4.69, 9.17) is 0 Å². The van der Waals surface area contributed by atoms with Crippen molar-refractivity contribution < 1.29 is 19.6 Å². The number of benzene rings is 2. The summed E-state index contributed by atoms with van der Waals surface area (Å²) in [6.07, 6.45) is 1.46. The normalized spacial score (nSPS) is 11.2. The molecule has 2 amide bonds. The smallest absolute Gasteiger partial charge is 0.269 e. The molecule has 0 aromatic heterocycles. The van der Waals surface area contributed by atoms with Gasteiger partial charge in [0.2, 0.25) is 11.8 Å². The van der Waals surface area contributed by atoms with Crippen molar-refractivity contribution >= 4 is 23.7 Å². The van der Waals surface area contributed by atoms with Gasteiger partial charge in [0.25, 0.3) is 5.69 Å². The van der Waals surface area contributed by atoms with Gasteiger partial charge in [-0.1, -0.05) is 12.1 Å². The topological polar surface area (TPSA) is 134 Å². The lowest BCUT2D eigenvalue weighted by molar-refractivity contribution is -0.384. The highest BCUT2D eigenvalue weighted by Gasteiger charge is 2.22. The van der Waals surface area contributed by atoms with E-state index in [0.29, 0.717) is 12.0 Å². The van der Waals surface area contributed by atoms with Crippen molar-refractivity contribution in [1.29, 1.82) is 0 Å². The zero-order chi connectivity index (χ0) is 21.4. The van der Waals surface area contributed by atoms with Crippen molar-refractivity contribution in [2.45, 2.75) is 32.2 Å². The van der Waals surface area contributed by atoms with Gasteiger partial charge in [0, 0.05) is 17.7 Å². The number of hydrazone groups is 1. The summed E-state index contributed by atoms with van der Waals surface area (Å²) >= 11 is 0. The molecule has 29 heavy (non-hydrogen) atoms. The van der Waals surface area contributed by atoms with Gasteiger partial charge in [-0.3, -0.25) is 19.7 Å².